The Labute approximate surface area is 187 Å². The van der Waals surface area contributed by atoms with E-state index in [1.54, 1.807) is 17.4 Å². The number of aromatic nitrogens is 3. The molecule has 6 nitrogen and oxygen atoms in total. The fraction of sp³-hybridized carbons (Fsp3) is 0.375. The van der Waals surface area contributed by atoms with Gasteiger partial charge in [-0.05, 0) is 44.4 Å². The average Bonchev–Trinajstić information content (AvgIpc) is 3.54. The van der Waals surface area contributed by atoms with Crippen molar-refractivity contribution in [1.29, 1.82) is 0 Å². The predicted molar refractivity (Wildman–Crippen MR) is 124 cm³/mol. The number of pyridine rings is 1. The summed E-state index contributed by atoms with van der Waals surface area (Å²) in [6, 6.07) is 6.03. The number of nitrogens with zero attached hydrogens (tertiary/aromatic N) is 3. The Morgan fingerprint density at radius 3 is 3.06 bits per heavy atom. The molecule has 3 aromatic rings. The predicted octanol–water partition coefficient (Wildman–Crippen LogP) is 4.64. The summed E-state index contributed by atoms with van der Waals surface area (Å²) in [5.41, 5.74) is 5.54. The van der Waals surface area contributed by atoms with Crippen molar-refractivity contribution in [2.75, 3.05) is 13.2 Å². The van der Waals surface area contributed by atoms with Gasteiger partial charge in [-0.3, -0.25) is 9.78 Å². The smallest absolute Gasteiger partial charge is 0.253 e. The van der Waals surface area contributed by atoms with Crippen molar-refractivity contribution in [2.24, 2.45) is 0 Å². The minimum atomic E-state index is -0.0954. The molecule has 1 amide bonds. The third kappa shape index (κ3) is 4.62. The number of amides is 1. The molecule has 1 fully saturated rings. The van der Waals surface area contributed by atoms with Gasteiger partial charge in [0.2, 0.25) is 0 Å². The van der Waals surface area contributed by atoms with Gasteiger partial charge in [0.15, 0.2) is 0 Å². The molecular formula is C24H28N4O2S. The summed E-state index contributed by atoms with van der Waals surface area (Å²) in [6.45, 7) is 9.73. The lowest BCUT2D eigenvalue weighted by Crippen LogP contribution is -2.24. The molecule has 0 bridgehead atoms. The van der Waals surface area contributed by atoms with Crippen molar-refractivity contribution >= 4 is 17.2 Å². The molecular weight excluding hydrogens is 408 g/mol. The molecule has 1 atom stereocenters. The lowest BCUT2D eigenvalue weighted by molar-refractivity contribution is 0.0944. The fourth-order valence-electron chi connectivity index (χ4n) is 3.90. The van der Waals surface area contributed by atoms with Crippen LogP contribution in [0.5, 0.6) is 0 Å². The Kier molecular flexibility index (Phi) is 6.63. The van der Waals surface area contributed by atoms with Crippen LogP contribution in [-0.4, -0.2) is 39.7 Å². The highest BCUT2D eigenvalue weighted by molar-refractivity contribution is 7.13. The van der Waals surface area contributed by atoms with Crippen LogP contribution in [-0.2, 0) is 17.7 Å². The first-order valence-corrected chi connectivity index (χ1v) is 11.6. The second kappa shape index (κ2) is 9.58. The van der Waals surface area contributed by atoms with E-state index in [0.29, 0.717) is 12.1 Å². The van der Waals surface area contributed by atoms with E-state index in [9.17, 15) is 4.79 Å². The van der Waals surface area contributed by atoms with Gasteiger partial charge >= 0.3 is 0 Å². The SMILES string of the molecule is C=CCNC(=O)c1cc(-c2csc(-c3ccnc(CC)c3)n2)n(CC2CCCO2)c1C. The first kappa shape index (κ1) is 21.5. The maximum atomic E-state index is 12.7. The van der Waals surface area contributed by atoms with Gasteiger partial charge in [0.1, 0.15) is 5.01 Å². The summed E-state index contributed by atoms with van der Waals surface area (Å²) in [4.78, 5) is 22.0. The number of carbonyl (C=O) groups is 1. The lowest BCUT2D eigenvalue weighted by Gasteiger charge is -2.15. The second-order valence-electron chi connectivity index (χ2n) is 7.70. The summed E-state index contributed by atoms with van der Waals surface area (Å²) < 4.78 is 8.06. The van der Waals surface area contributed by atoms with Crippen LogP contribution in [0.3, 0.4) is 0 Å². The Bertz CT molecular complexity index is 1080. The molecule has 31 heavy (non-hydrogen) atoms. The van der Waals surface area contributed by atoms with Crippen LogP contribution in [0.15, 0.2) is 42.4 Å². The van der Waals surface area contributed by atoms with Crippen molar-refractivity contribution in [3.63, 3.8) is 0 Å². The molecule has 0 saturated carbocycles. The topological polar surface area (TPSA) is 69.0 Å². The van der Waals surface area contributed by atoms with Crippen LogP contribution in [0.25, 0.3) is 22.0 Å². The monoisotopic (exact) mass is 436 g/mol. The molecule has 3 aromatic heterocycles. The number of aryl methyl sites for hydroxylation is 1. The summed E-state index contributed by atoms with van der Waals surface area (Å²) in [7, 11) is 0. The summed E-state index contributed by atoms with van der Waals surface area (Å²) in [5, 5.41) is 5.91. The second-order valence-corrected chi connectivity index (χ2v) is 8.56. The molecule has 0 aromatic carbocycles. The van der Waals surface area contributed by atoms with Crippen molar-refractivity contribution in [1.82, 2.24) is 19.9 Å². The number of hydrogen-bond acceptors (Lipinski definition) is 5. The molecule has 162 valence electrons. The van der Waals surface area contributed by atoms with Crippen LogP contribution in [0.1, 0.15) is 41.5 Å². The normalized spacial score (nSPS) is 15.9. The van der Waals surface area contributed by atoms with Crippen LogP contribution < -0.4 is 5.32 Å². The van der Waals surface area contributed by atoms with Gasteiger partial charge in [-0.1, -0.05) is 13.0 Å². The van der Waals surface area contributed by atoms with E-state index in [-0.39, 0.29) is 12.0 Å². The average molecular weight is 437 g/mol. The first-order chi connectivity index (χ1) is 15.1. The number of hydrogen-bond donors (Lipinski definition) is 1. The van der Waals surface area contributed by atoms with Crippen LogP contribution in [0.2, 0.25) is 0 Å². The van der Waals surface area contributed by atoms with Crippen molar-refractivity contribution in [2.45, 2.75) is 45.8 Å². The Morgan fingerprint density at radius 2 is 2.32 bits per heavy atom. The third-order valence-electron chi connectivity index (χ3n) is 5.62. The molecule has 1 unspecified atom stereocenters. The van der Waals surface area contributed by atoms with E-state index in [0.717, 1.165) is 65.8 Å². The highest BCUT2D eigenvalue weighted by Gasteiger charge is 2.24. The molecule has 7 heteroatoms. The molecule has 1 aliphatic rings. The van der Waals surface area contributed by atoms with Crippen molar-refractivity contribution in [3.05, 3.63) is 59.4 Å². The first-order valence-electron chi connectivity index (χ1n) is 10.7. The third-order valence-corrected chi connectivity index (χ3v) is 6.51. The van der Waals surface area contributed by atoms with Crippen LogP contribution in [0.4, 0.5) is 0 Å². The van der Waals surface area contributed by atoms with Gasteiger partial charge in [0.05, 0.1) is 23.1 Å². The molecule has 1 aliphatic heterocycles. The summed E-state index contributed by atoms with van der Waals surface area (Å²) >= 11 is 1.61. The number of carbonyl (C=O) groups excluding carboxylic acids is 1. The van der Waals surface area contributed by atoms with E-state index in [4.69, 9.17) is 9.72 Å². The zero-order valence-electron chi connectivity index (χ0n) is 18.1. The highest BCUT2D eigenvalue weighted by Crippen LogP contribution is 2.32. The van der Waals surface area contributed by atoms with Gasteiger partial charge < -0.3 is 14.6 Å². The summed E-state index contributed by atoms with van der Waals surface area (Å²) in [5.74, 6) is -0.0954. The fourth-order valence-corrected chi connectivity index (χ4v) is 4.71. The number of thiazole rings is 1. The number of rotatable bonds is 8. The molecule has 4 rings (SSSR count). The minimum absolute atomic E-state index is 0.0954. The van der Waals surface area contributed by atoms with Crippen LogP contribution >= 0.6 is 11.3 Å². The number of ether oxygens (including phenoxy) is 1. The van der Waals surface area contributed by atoms with Gasteiger partial charge in [0, 0.05) is 48.2 Å². The molecule has 0 spiro atoms. The van der Waals surface area contributed by atoms with Gasteiger partial charge in [-0.2, -0.15) is 0 Å². The summed E-state index contributed by atoms with van der Waals surface area (Å²) in [6.07, 6.45) is 6.69. The van der Waals surface area contributed by atoms with E-state index in [2.05, 4.69) is 39.8 Å². The van der Waals surface area contributed by atoms with Gasteiger partial charge in [0.25, 0.3) is 5.91 Å². The van der Waals surface area contributed by atoms with Crippen LogP contribution in [0, 0.1) is 6.92 Å². The standard InChI is InChI=1S/C24H28N4O2S/c1-4-9-26-23(29)20-13-22(28(16(20)3)14-19-7-6-11-30-19)21-15-31-24(27-21)17-8-10-25-18(5-2)12-17/h4,8,10,12-13,15,19H,1,5-7,9,11,14H2,2-3H3,(H,26,29). The Balaban J connectivity index is 1.71. The molecule has 4 heterocycles. The molecule has 0 aliphatic carbocycles. The highest BCUT2D eigenvalue weighted by atomic mass is 32.1. The van der Waals surface area contributed by atoms with Crippen molar-refractivity contribution in [3.8, 4) is 22.0 Å². The molecule has 0 radical (unpaired) electrons. The number of nitrogens with one attached hydrogen (secondary N) is 1. The molecule has 1 N–H and O–H groups in total. The molecule has 1 saturated heterocycles. The Morgan fingerprint density at radius 1 is 1.45 bits per heavy atom. The van der Waals surface area contributed by atoms with Crippen molar-refractivity contribution < 1.29 is 9.53 Å². The maximum Gasteiger partial charge on any atom is 0.253 e. The lowest BCUT2D eigenvalue weighted by atomic mass is 10.2. The van der Waals surface area contributed by atoms with Gasteiger partial charge in [-0.25, -0.2) is 4.98 Å². The van der Waals surface area contributed by atoms with E-state index < -0.39 is 0 Å². The Hall–Kier alpha value is -2.77. The maximum absolute atomic E-state index is 12.7. The minimum Gasteiger partial charge on any atom is -0.376 e. The largest absolute Gasteiger partial charge is 0.376 e. The zero-order chi connectivity index (χ0) is 21.8. The quantitative estimate of drug-likeness (QED) is 0.522. The van der Waals surface area contributed by atoms with E-state index >= 15 is 0 Å². The van der Waals surface area contributed by atoms with Gasteiger partial charge in [-0.15, -0.1) is 17.9 Å². The van der Waals surface area contributed by atoms with E-state index in [1.165, 1.54) is 0 Å². The zero-order valence-corrected chi connectivity index (χ0v) is 18.9. The van der Waals surface area contributed by atoms with E-state index in [1.807, 2.05) is 25.3 Å².